The van der Waals surface area contributed by atoms with E-state index in [4.69, 9.17) is 0 Å². The van der Waals surface area contributed by atoms with Crippen LogP contribution in [0.1, 0.15) is 11.1 Å². The van der Waals surface area contributed by atoms with Crippen molar-refractivity contribution in [3.8, 4) is 0 Å². The van der Waals surface area contributed by atoms with Crippen LogP contribution >= 0.6 is 0 Å². The maximum atomic E-state index is 12.9. The molecule has 0 nitrogen and oxygen atoms in total. The zero-order valence-electron chi connectivity index (χ0n) is 7.98. The SMILES string of the molecule is FC(F)=Cc1c(F)c(F)c(C(F)(F)F)c(F)c1F. The van der Waals surface area contributed by atoms with E-state index in [1.807, 2.05) is 0 Å². The van der Waals surface area contributed by atoms with Crippen molar-refractivity contribution in [3.63, 3.8) is 0 Å². The van der Waals surface area contributed by atoms with Gasteiger partial charge in [0.25, 0.3) is 6.08 Å². The first-order valence-corrected chi connectivity index (χ1v) is 4.03. The first-order chi connectivity index (χ1) is 8.07. The van der Waals surface area contributed by atoms with E-state index < -0.39 is 52.7 Å². The van der Waals surface area contributed by atoms with Crippen molar-refractivity contribution in [1.29, 1.82) is 0 Å². The topological polar surface area (TPSA) is 0 Å². The number of benzene rings is 1. The Morgan fingerprint density at radius 2 is 1.17 bits per heavy atom. The third-order valence-electron chi connectivity index (χ3n) is 1.83. The minimum absolute atomic E-state index is 0.614. The van der Waals surface area contributed by atoms with Crippen molar-refractivity contribution in [3.05, 3.63) is 40.5 Å². The molecule has 0 N–H and O–H groups in total. The van der Waals surface area contributed by atoms with Crippen LogP contribution in [0, 0.1) is 23.3 Å². The van der Waals surface area contributed by atoms with Gasteiger partial charge in [-0.1, -0.05) is 0 Å². The molecular weight excluding hydrogens is 279 g/mol. The standard InChI is InChI=1S/C9HF9/c10-3(11)1-2-5(12)7(14)4(9(16,17)18)8(15)6(2)13/h1H. The Labute approximate surface area is 93.3 Å². The molecule has 0 aromatic heterocycles. The largest absolute Gasteiger partial charge is 0.422 e. The summed E-state index contributed by atoms with van der Waals surface area (Å²) in [6.07, 6.45) is -9.05. The zero-order valence-corrected chi connectivity index (χ0v) is 7.98. The fraction of sp³-hybridized carbons (Fsp3) is 0.111. The van der Waals surface area contributed by atoms with Crippen LogP contribution in [0.5, 0.6) is 0 Å². The summed E-state index contributed by atoms with van der Waals surface area (Å²) >= 11 is 0. The van der Waals surface area contributed by atoms with Crippen molar-refractivity contribution in [2.75, 3.05) is 0 Å². The van der Waals surface area contributed by atoms with E-state index in [1.54, 1.807) is 0 Å². The highest BCUT2D eigenvalue weighted by molar-refractivity contribution is 5.53. The van der Waals surface area contributed by atoms with Gasteiger partial charge in [-0.3, -0.25) is 0 Å². The molecule has 100 valence electrons. The molecule has 1 aromatic rings. The fourth-order valence-electron chi connectivity index (χ4n) is 1.13. The number of rotatable bonds is 1. The van der Waals surface area contributed by atoms with Crippen LogP contribution in [0.3, 0.4) is 0 Å². The highest BCUT2D eigenvalue weighted by Gasteiger charge is 2.42. The molecular formula is C9HF9. The van der Waals surface area contributed by atoms with Crippen LogP contribution in [-0.2, 0) is 6.18 Å². The smallest absolute Gasteiger partial charge is 0.203 e. The van der Waals surface area contributed by atoms with Gasteiger partial charge in [-0.15, -0.1) is 0 Å². The molecule has 0 fully saturated rings. The fourth-order valence-corrected chi connectivity index (χ4v) is 1.13. The number of alkyl halides is 3. The summed E-state index contributed by atoms with van der Waals surface area (Å²) in [5.74, 6) is -10.7. The van der Waals surface area contributed by atoms with Crippen molar-refractivity contribution < 1.29 is 39.5 Å². The van der Waals surface area contributed by atoms with E-state index in [0.29, 0.717) is 0 Å². The molecule has 0 spiro atoms. The highest BCUT2D eigenvalue weighted by atomic mass is 19.4. The van der Waals surface area contributed by atoms with Crippen LogP contribution in [-0.4, -0.2) is 0 Å². The lowest BCUT2D eigenvalue weighted by atomic mass is 10.1. The van der Waals surface area contributed by atoms with E-state index >= 15 is 0 Å². The van der Waals surface area contributed by atoms with Gasteiger partial charge in [0.2, 0.25) is 0 Å². The maximum Gasteiger partial charge on any atom is 0.422 e. The van der Waals surface area contributed by atoms with E-state index in [9.17, 15) is 39.5 Å². The molecule has 0 aliphatic heterocycles. The van der Waals surface area contributed by atoms with Crippen molar-refractivity contribution in [2.45, 2.75) is 6.18 Å². The summed E-state index contributed by atoms with van der Waals surface area (Å²) in [5.41, 5.74) is -4.73. The van der Waals surface area contributed by atoms with Crippen LogP contribution in [0.15, 0.2) is 6.08 Å². The molecule has 0 amide bonds. The summed E-state index contributed by atoms with van der Waals surface area (Å²) in [5, 5.41) is 0. The molecule has 18 heavy (non-hydrogen) atoms. The molecule has 0 aliphatic rings. The molecule has 0 saturated carbocycles. The molecule has 1 aromatic carbocycles. The lowest BCUT2D eigenvalue weighted by Gasteiger charge is -2.12. The zero-order chi connectivity index (χ0) is 14.2. The third kappa shape index (κ3) is 2.44. The molecule has 0 radical (unpaired) electrons. The van der Waals surface area contributed by atoms with Gasteiger partial charge in [-0.25, -0.2) is 17.6 Å². The van der Waals surface area contributed by atoms with Gasteiger partial charge in [0.05, 0.1) is 5.56 Å². The van der Waals surface area contributed by atoms with E-state index in [1.165, 1.54) is 0 Å². The second kappa shape index (κ2) is 4.54. The molecule has 0 atom stereocenters. The normalized spacial score (nSPS) is 11.6. The average Bonchev–Trinajstić information content (AvgIpc) is 2.19. The van der Waals surface area contributed by atoms with Gasteiger partial charge in [-0.05, 0) is 0 Å². The lowest BCUT2D eigenvalue weighted by molar-refractivity contribution is -0.143. The summed E-state index contributed by atoms with van der Waals surface area (Å²) in [7, 11) is 0. The quantitative estimate of drug-likeness (QED) is 0.525. The van der Waals surface area contributed by atoms with Crippen LogP contribution in [0.25, 0.3) is 6.08 Å². The Kier molecular flexibility index (Phi) is 3.63. The van der Waals surface area contributed by atoms with Gasteiger partial charge in [0.15, 0.2) is 23.3 Å². The second-order valence-electron chi connectivity index (χ2n) is 2.98. The molecule has 0 saturated heterocycles. The number of halogens is 9. The molecule has 1 rings (SSSR count). The van der Waals surface area contributed by atoms with Gasteiger partial charge in [0, 0.05) is 6.08 Å². The van der Waals surface area contributed by atoms with Crippen molar-refractivity contribution in [2.24, 2.45) is 0 Å². The van der Waals surface area contributed by atoms with Gasteiger partial charge < -0.3 is 0 Å². The summed E-state index contributed by atoms with van der Waals surface area (Å²) in [4.78, 5) is 0. The molecule has 0 heterocycles. The van der Waals surface area contributed by atoms with Gasteiger partial charge in [-0.2, -0.15) is 22.0 Å². The minimum Gasteiger partial charge on any atom is -0.203 e. The lowest BCUT2D eigenvalue weighted by Crippen LogP contribution is -2.16. The van der Waals surface area contributed by atoms with Gasteiger partial charge >= 0.3 is 6.18 Å². The number of hydrogen-bond acceptors (Lipinski definition) is 0. The molecule has 0 unspecified atom stereocenters. The van der Waals surface area contributed by atoms with E-state index in [2.05, 4.69) is 0 Å². The van der Waals surface area contributed by atoms with Crippen LogP contribution < -0.4 is 0 Å². The Hall–Kier alpha value is -1.67. The van der Waals surface area contributed by atoms with E-state index in [0.717, 1.165) is 0 Å². The van der Waals surface area contributed by atoms with Crippen LogP contribution in [0.2, 0.25) is 0 Å². The highest BCUT2D eigenvalue weighted by Crippen LogP contribution is 2.37. The third-order valence-corrected chi connectivity index (χ3v) is 1.83. The first kappa shape index (κ1) is 14.4. The summed E-state index contributed by atoms with van der Waals surface area (Å²) < 4.78 is 111. The summed E-state index contributed by atoms with van der Waals surface area (Å²) in [6.45, 7) is 0. The predicted octanol–water partition coefficient (Wildman–Crippen LogP) is 4.50. The Morgan fingerprint density at radius 1 is 0.778 bits per heavy atom. The first-order valence-electron chi connectivity index (χ1n) is 4.03. The maximum absolute atomic E-state index is 12.9. The molecule has 0 bridgehead atoms. The Bertz CT molecular complexity index is 479. The van der Waals surface area contributed by atoms with Gasteiger partial charge in [0.1, 0.15) is 5.56 Å². The number of hydrogen-bond donors (Lipinski definition) is 0. The second-order valence-corrected chi connectivity index (χ2v) is 2.98. The average molecular weight is 280 g/mol. The van der Waals surface area contributed by atoms with Crippen molar-refractivity contribution in [1.82, 2.24) is 0 Å². The monoisotopic (exact) mass is 280 g/mol. The molecule has 0 aliphatic carbocycles. The summed E-state index contributed by atoms with van der Waals surface area (Å²) in [6, 6.07) is 0. The Morgan fingerprint density at radius 3 is 1.44 bits per heavy atom. The molecule has 9 heteroatoms. The van der Waals surface area contributed by atoms with Crippen LogP contribution in [0.4, 0.5) is 39.5 Å². The minimum atomic E-state index is -5.70. The predicted molar refractivity (Wildman–Crippen MR) is 41.5 cm³/mol. The van der Waals surface area contributed by atoms with E-state index in [-0.39, 0.29) is 0 Å². The van der Waals surface area contributed by atoms with Crippen molar-refractivity contribution >= 4 is 6.08 Å². The Balaban J connectivity index is 3.72.